The minimum absolute atomic E-state index is 1.28. The normalized spacial score (nSPS) is 25.8. The van der Waals surface area contributed by atoms with E-state index in [0.717, 1.165) is 0 Å². The van der Waals surface area contributed by atoms with Gasteiger partial charge in [-0.05, 0) is 7.05 Å². The minimum atomic E-state index is 1.28. The molecule has 0 saturated carbocycles. The predicted molar refractivity (Wildman–Crippen MR) is 25.1 cm³/mol. The van der Waals surface area contributed by atoms with Crippen molar-refractivity contribution in [1.29, 1.82) is 0 Å². The molecule has 5 heavy (non-hydrogen) atoms. The summed E-state index contributed by atoms with van der Waals surface area (Å²) in [7, 11) is 2.11. The van der Waals surface area contributed by atoms with Gasteiger partial charge in [0.25, 0.3) is 0 Å². The maximum atomic E-state index is 2.22. The fourth-order valence-electron chi connectivity index (χ4n) is 0.274. The van der Waals surface area contributed by atoms with Gasteiger partial charge in [-0.25, -0.2) is 0 Å². The van der Waals surface area contributed by atoms with E-state index in [2.05, 4.69) is 11.4 Å². The Hall–Kier alpha value is 0.310. The molecule has 0 amide bonds. The molecule has 1 fully saturated rings. The second-order valence-electron chi connectivity index (χ2n) is 1.18. The first kappa shape index (κ1) is 3.50. The Morgan fingerprint density at radius 1 is 1.80 bits per heavy atom. The lowest BCUT2D eigenvalue weighted by molar-refractivity contribution is 0.561. The van der Waals surface area contributed by atoms with Gasteiger partial charge in [-0.2, -0.15) is 0 Å². The van der Waals surface area contributed by atoms with E-state index in [4.69, 9.17) is 0 Å². The molecule has 1 heterocycles. The standard InChI is InChI=1S/C3H7NS/c1-4-2-3-5-4/h2-3H2,1H3. The smallest absolute Gasteiger partial charge is 0.0218 e. The zero-order valence-electron chi connectivity index (χ0n) is 3.27. The van der Waals surface area contributed by atoms with Gasteiger partial charge in [0.1, 0.15) is 0 Å². The van der Waals surface area contributed by atoms with Crippen LogP contribution < -0.4 is 0 Å². The van der Waals surface area contributed by atoms with E-state index in [1.165, 1.54) is 12.3 Å². The Labute approximate surface area is 36.5 Å². The molecule has 0 unspecified atom stereocenters. The second-order valence-corrected chi connectivity index (χ2v) is 2.47. The zero-order valence-corrected chi connectivity index (χ0v) is 4.09. The summed E-state index contributed by atoms with van der Waals surface area (Å²) in [6.45, 7) is 1.28. The molecular weight excluding hydrogens is 82.1 g/mol. The molecule has 0 aromatic rings. The molecular formula is C3H7NS. The van der Waals surface area contributed by atoms with Crippen molar-refractivity contribution in [3.05, 3.63) is 0 Å². The molecule has 1 saturated heterocycles. The first-order valence-corrected chi connectivity index (χ1v) is 2.68. The third-order valence-corrected chi connectivity index (χ3v) is 1.71. The summed E-state index contributed by atoms with van der Waals surface area (Å²) in [6.07, 6.45) is 0. The van der Waals surface area contributed by atoms with Crippen LogP contribution in [0.4, 0.5) is 0 Å². The Kier molecular flexibility index (Phi) is 0.830. The van der Waals surface area contributed by atoms with Crippen LogP contribution in [0.3, 0.4) is 0 Å². The molecule has 0 atom stereocenters. The van der Waals surface area contributed by atoms with Crippen LogP contribution in [-0.4, -0.2) is 23.7 Å². The highest BCUT2D eigenvalue weighted by Crippen LogP contribution is 2.15. The lowest BCUT2D eigenvalue weighted by atomic mass is 10.7. The minimum Gasteiger partial charge on any atom is -0.253 e. The van der Waals surface area contributed by atoms with Gasteiger partial charge >= 0.3 is 0 Å². The van der Waals surface area contributed by atoms with Crippen molar-refractivity contribution in [2.75, 3.05) is 19.3 Å². The monoisotopic (exact) mass is 89.0 g/mol. The van der Waals surface area contributed by atoms with Crippen LogP contribution in [0.2, 0.25) is 0 Å². The summed E-state index contributed by atoms with van der Waals surface area (Å²) in [5.41, 5.74) is 0. The van der Waals surface area contributed by atoms with E-state index in [1.54, 1.807) is 0 Å². The number of hydrogen-bond donors (Lipinski definition) is 0. The number of hydrogen-bond acceptors (Lipinski definition) is 2. The van der Waals surface area contributed by atoms with Gasteiger partial charge in [0.15, 0.2) is 0 Å². The predicted octanol–water partition coefficient (Wildman–Crippen LogP) is 0.580. The first-order chi connectivity index (χ1) is 2.39. The molecule has 1 rings (SSSR count). The number of rotatable bonds is 0. The van der Waals surface area contributed by atoms with Gasteiger partial charge in [0.05, 0.1) is 0 Å². The largest absolute Gasteiger partial charge is 0.253 e. The first-order valence-electron chi connectivity index (χ1n) is 1.73. The van der Waals surface area contributed by atoms with E-state index in [-0.39, 0.29) is 0 Å². The van der Waals surface area contributed by atoms with Gasteiger partial charge in [0.2, 0.25) is 0 Å². The van der Waals surface area contributed by atoms with Crippen molar-refractivity contribution in [3.63, 3.8) is 0 Å². The summed E-state index contributed by atoms with van der Waals surface area (Å²) in [5, 5.41) is 0. The second kappa shape index (κ2) is 1.19. The Bertz CT molecular complexity index is 33.9. The van der Waals surface area contributed by atoms with Gasteiger partial charge in [-0.3, -0.25) is 4.31 Å². The van der Waals surface area contributed by atoms with Gasteiger partial charge in [-0.15, -0.1) is 0 Å². The summed E-state index contributed by atoms with van der Waals surface area (Å²) in [6, 6.07) is 0. The van der Waals surface area contributed by atoms with Gasteiger partial charge in [0, 0.05) is 12.3 Å². The number of nitrogens with zero attached hydrogens (tertiary/aromatic N) is 1. The van der Waals surface area contributed by atoms with E-state index in [1.807, 2.05) is 11.9 Å². The third-order valence-electron chi connectivity index (χ3n) is 0.718. The molecule has 1 aliphatic rings. The van der Waals surface area contributed by atoms with E-state index in [9.17, 15) is 0 Å². The van der Waals surface area contributed by atoms with Crippen LogP contribution in [0.25, 0.3) is 0 Å². The lowest BCUT2D eigenvalue weighted by Gasteiger charge is -2.23. The summed E-state index contributed by atoms with van der Waals surface area (Å²) in [4.78, 5) is 0. The van der Waals surface area contributed by atoms with Crippen LogP contribution in [0.5, 0.6) is 0 Å². The molecule has 0 N–H and O–H groups in total. The maximum absolute atomic E-state index is 2.22. The Morgan fingerprint density at radius 3 is 2.20 bits per heavy atom. The SMILES string of the molecule is CN1CCS1. The third kappa shape index (κ3) is 0.578. The van der Waals surface area contributed by atoms with Crippen molar-refractivity contribution in [3.8, 4) is 0 Å². The van der Waals surface area contributed by atoms with Crippen LogP contribution in [0, 0.1) is 0 Å². The fraction of sp³-hybridized carbons (Fsp3) is 1.00. The molecule has 1 nitrogen and oxygen atoms in total. The fourth-order valence-corrected chi connectivity index (χ4v) is 0.822. The molecule has 0 radical (unpaired) electrons. The summed E-state index contributed by atoms with van der Waals surface area (Å²) >= 11 is 1.89. The molecule has 0 aromatic heterocycles. The topological polar surface area (TPSA) is 3.24 Å². The highest BCUT2D eigenvalue weighted by Gasteiger charge is 2.06. The van der Waals surface area contributed by atoms with Crippen molar-refractivity contribution in [2.24, 2.45) is 0 Å². The molecule has 0 aliphatic carbocycles. The Morgan fingerprint density at radius 2 is 2.20 bits per heavy atom. The van der Waals surface area contributed by atoms with Crippen LogP contribution in [0.15, 0.2) is 0 Å². The molecule has 0 spiro atoms. The molecule has 2 heteroatoms. The van der Waals surface area contributed by atoms with Crippen molar-refractivity contribution >= 4 is 11.9 Å². The van der Waals surface area contributed by atoms with Crippen molar-refractivity contribution in [2.45, 2.75) is 0 Å². The van der Waals surface area contributed by atoms with E-state index in [0.29, 0.717) is 0 Å². The van der Waals surface area contributed by atoms with Crippen molar-refractivity contribution < 1.29 is 0 Å². The molecule has 0 bridgehead atoms. The van der Waals surface area contributed by atoms with Crippen LogP contribution >= 0.6 is 11.9 Å². The molecule has 30 valence electrons. The lowest BCUT2D eigenvalue weighted by Crippen LogP contribution is -2.24. The molecule has 0 aromatic carbocycles. The Balaban J connectivity index is 2.08. The average molecular weight is 89.2 g/mol. The van der Waals surface area contributed by atoms with Crippen molar-refractivity contribution in [1.82, 2.24) is 4.31 Å². The summed E-state index contributed by atoms with van der Waals surface area (Å²) in [5.74, 6) is 1.33. The van der Waals surface area contributed by atoms with Crippen LogP contribution in [-0.2, 0) is 0 Å². The van der Waals surface area contributed by atoms with Crippen LogP contribution in [0.1, 0.15) is 0 Å². The average Bonchev–Trinajstić information content (AvgIpc) is 1.30. The highest BCUT2D eigenvalue weighted by atomic mass is 32.2. The van der Waals surface area contributed by atoms with Gasteiger partial charge in [-0.1, -0.05) is 11.9 Å². The van der Waals surface area contributed by atoms with E-state index < -0.39 is 0 Å². The van der Waals surface area contributed by atoms with E-state index >= 15 is 0 Å². The molecule has 1 aliphatic heterocycles. The maximum Gasteiger partial charge on any atom is 0.0218 e. The quantitative estimate of drug-likeness (QED) is 0.399. The highest BCUT2D eigenvalue weighted by molar-refractivity contribution is 7.98. The zero-order chi connectivity index (χ0) is 3.70. The van der Waals surface area contributed by atoms with Gasteiger partial charge < -0.3 is 0 Å². The summed E-state index contributed by atoms with van der Waals surface area (Å²) < 4.78 is 2.22.